The summed E-state index contributed by atoms with van der Waals surface area (Å²) in [5, 5.41) is 6.37. The zero-order valence-electron chi connectivity index (χ0n) is 9.45. The summed E-state index contributed by atoms with van der Waals surface area (Å²) >= 11 is 0. The average Bonchev–Trinajstić information content (AvgIpc) is 2.74. The smallest absolute Gasteiger partial charge is 0.168 e. The Labute approximate surface area is 97.3 Å². The number of nitrogen functional groups attached to an aromatic ring is 1. The molecule has 90 valence electrons. The van der Waals surface area contributed by atoms with E-state index in [1.807, 2.05) is 0 Å². The first-order valence-electron chi connectivity index (χ1n) is 4.88. The van der Waals surface area contributed by atoms with Crippen molar-refractivity contribution >= 4 is 5.82 Å². The van der Waals surface area contributed by atoms with Gasteiger partial charge >= 0.3 is 0 Å². The number of H-pyrrole nitrogens is 1. The number of aromatic amines is 1. The zero-order chi connectivity index (χ0) is 12.4. The molecule has 0 fully saturated rings. The average molecular weight is 237 g/mol. The molecule has 0 saturated carbocycles. The molecule has 0 unspecified atom stereocenters. The number of halogens is 1. The molecule has 0 aliphatic heterocycles. The van der Waals surface area contributed by atoms with Gasteiger partial charge in [0.05, 0.1) is 20.4 Å². The van der Waals surface area contributed by atoms with Gasteiger partial charge in [-0.05, 0) is 6.07 Å². The molecule has 1 aromatic carbocycles. The Morgan fingerprint density at radius 1 is 1.24 bits per heavy atom. The lowest BCUT2D eigenvalue weighted by Gasteiger charge is -2.12. The zero-order valence-corrected chi connectivity index (χ0v) is 9.45. The van der Waals surface area contributed by atoms with E-state index in [0.29, 0.717) is 28.4 Å². The van der Waals surface area contributed by atoms with Crippen LogP contribution in [-0.2, 0) is 0 Å². The highest BCUT2D eigenvalue weighted by molar-refractivity contribution is 5.80. The van der Waals surface area contributed by atoms with Gasteiger partial charge in [-0.15, -0.1) is 0 Å². The summed E-state index contributed by atoms with van der Waals surface area (Å²) in [7, 11) is 2.93. The van der Waals surface area contributed by atoms with Crippen molar-refractivity contribution in [3.8, 4) is 22.6 Å². The van der Waals surface area contributed by atoms with E-state index in [-0.39, 0.29) is 0 Å². The highest BCUT2D eigenvalue weighted by Crippen LogP contribution is 2.40. The lowest BCUT2D eigenvalue weighted by atomic mass is 10.1. The summed E-state index contributed by atoms with van der Waals surface area (Å²) in [6, 6.07) is 2.57. The summed E-state index contributed by atoms with van der Waals surface area (Å²) in [5.74, 6) is 0.638. The molecule has 5 nitrogen and oxygen atoms in total. The molecule has 0 aliphatic carbocycles. The Morgan fingerprint density at radius 2 is 2.00 bits per heavy atom. The molecule has 2 rings (SSSR count). The van der Waals surface area contributed by atoms with Gasteiger partial charge in [0.1, 0.15) is 11.6 Å². The van der Waals surface area contributed by atoms with Gasteiger partial charge in [0.15, 0.2) is 11.5 Å². The summed E-state index contributed by atoms with van der Waals surface area (Å²) in [6.45, 7) is 0. The van der Waals surface area contributed by atoms with E-state index in [9.17, 15) is 4.39 Å². The summed E-state index contributed by atoms with van der Waals surface area (Å²) < 4.78 is 23.7. The van der Waals surface area contributed by atoms with Crippen molar-refractivity contribution in [3.63, 3.8) is 0 Å². The maximum absolute atomic E-state index is 13.4. The Hall–Kier alpha value is -2.24. The molecule has 0 radical (unpaired) electrons. The number of benzene rings is 1. The first kappa shape index (κ1) is 11.3. The van der Waals surface area contributed by atoms with Crippen LogP contribution in [-0.4, -0.2) is 24.4 Å². The fourth-order valence-corrected chi connectivity index (χ4v) is 1.64. The molecule has 1 heterocycles. The third-order valence-corrected chi connectivity index (χ3v) is 2.40. The van der Waals surface area contributed by atoms with Crippen LogP contribution in [0.15, 0.2) is 18.3 Å². The molecule has 0 amide bonds. The van der Waals surface area contributed by atoms with Gasteiger partial charge < -0.3 is 15.2 Å². The van der Waals surface area contributed by atoms with Crippen LogP contribution in [0.3, 0.4) is 0 Å². The minimum absolute atomic E-state index is 0.308. The number of hydrogen-bond acceptors (Lipinski definition) is 4. The second-order valence-electron chi connectivity index (χ2n) is 3.39. The van der Waals surface area contributed by atoms with Crippen molar-refractivity contribution < 1.29 is 13.9 Å². The van der Waals surface area contributed by atoms with Gasteiger partial charge in [-0.25, -0.2) is 4.39 Å². The van der Waals surface area contributed by atoms with Crippen molar-refractivity contribution in [3.05, 3.63) is 24.1 Å². The quantitative estimate of drug-likeness (QED) is 0.853. The predicted molar refractivity (Wildman–Crippen MR) is 61.5 cm³/mol. The van der Waals surface area contributed by atoms with Crippen molar-refractivity contribution in [2.24, 2.45) is 0 Å². The van der Waals surface area contributed by atoms with Crippen LogP contribution in [0.1, 0.15) is 0 Å². The molecule has 0 saturated heterocycles. The number of nitrogens with zero attached hydrogens (tertiary/aromatic N) is 1. The van der Waals surface area contributed by atoms with Crippen LogP contribution in [0.5, 0.6) is 11.5 Å². The van der Waals surface area contributed by atoms with E-state index < -0.39 is 5.82 Å². The van der Waals surface area contributed by atoms with Crippen molar-refractivity contribution in [2.45, 2.75) is 0 Å². The Morgan fingerprint density at radius 3 is 2.53 bits per heavy atom. The Kier molecular flexibility index (Phi) is 2.86. The van der Waals surface area contributed by atoms with Crippen molar-refractivity contribution in [1.82, 2.24) is 10.2 Å². The highest BCUT2D eigenvalue weighted by atomic mass is 19.1. The lowest BCUT2D eigenvalue weighted by Crippen LogP contribution is -1.96. The highest BCUT2D eigenvalue weighted by Gasteiger charge is 2.17. The number of rotatable bonds is 3. The summed E-state index contributed by atoms with van der Waals surface area (Å²) in [5.41, 5.74) is 6.77. The largest absolute Gasteiger partial charge is 0.493 e. The Bertz CT molecular complexity index is 540. The number of ether oxygens (including phenoxy) is 2. The molecule has 6 heteroatoms. The lowest BCUT2D eigenvalue weighted by molar-refractivity contribution is 0.353. The van der Waals surface area contributed by atoms with Crippen LogP contribution in [0.25, 0.3) is 11.1 Å². The molecule has 0 atom stereocenters. The SMILES string of the molecule is COc1cc(F)cc(-c2cn[nH]c2N)c1OC. The van der Waals surface area contributed by atoms with Gasteiger partial charge in [-0.2, -0.15) is 5.10 Å². The van der Waals surface area contributed by atoms with E-state index in [1.54, 1.807) is 0 Å². The summed E-state index contributed by atoms with van der Waals surface area (Å²) in [6.07, 6.45) is 1.51. The van der Waals surface area contributed by atoms with E-state index >= 15 is 0 Å². The second kappa shape index (κ2) is 4.32. The number of nitrogens with two attached hydrogens (primary N) is 1. The van der Waals surface area contributed by atoms with Crippen LogP contribution < -0.4 is 15.2 Å². The molecule has 1 aromatic heterocycles. The fourth-order valence-electron chi connectivity index (χ4n) is 1.64. The van der Waals surface area contributed by atoms with Crippen LogP contribution in [0, 0.1) is 5.82 Å². The van der Waals surface area contributed by atoms with Gasteiger partial charge in [-0.1, -0.05) is 0 Å². The fraction of sp³-hybridized carbons (Fsp3) is 0.182. The monoisotopic (exact) mass is 237 g/mol. The molecule has 0 spiro atoms. The molecule has 2 aromatic rings. The minimum atomic E-state index is -0.432. The molecule has 3 N–H and O–H groups in total. The number of methoxy groups -OCH3 is 2. The van der Waals surface area contributed by atoms with Gasteiger partial charge in [0.25, 0.3) is 0 Å². The molecular formula is C11H12FN3O2. The molecule has 0 bridgehead atoms. The van der Waals surface area contributed by atoms with E-state index in [0.717, 1.165) is 0 Å². The molecular weight excluding hydrogens is 225 g/mol. The van der Waals surface area contributed by atoms with Crippen LogP contribution in [0.4, 0.5) is 10.2 Å². The second-order valence-corrected chi connectivity index (χ2v) is 3.39. The molecule has 17 heavy (non-hydrogen) atoms. The third-order valence-electron chi connectivity index (χ3n) is 2.40. The minimum Gasteiger partial charge on any atom is -0.493 e. The summed E-state index contributed by atoms with van der Waals surface area (Å²) in [4.78, 5) is 0. The number of nitrogens with one attached hydrogen (secondary N) is 1. The van der Waals surface area contributed by atoms with E-state index in [1.165, 1.54) is 32.5 Å². The van der Waals surface area contributed by atoms with Crippen molar-refractivity contribution in [2.75, 3.05) is 20.0 Å². The first-order chi connectivity index (χ1) is 8.17. The molecule has 0 aliphatic rings. The number of hydrogen-bond donors (Lipinski definition) is 2. The van der Waals surface area contributed by atoms with E-state index in [2.05, 4.69) is 10.2 Å². The standard InChI is InChI=1S/C11H12FN3O2/c1-16-9-4-6(12)3-7(10(9)17-2)8-5-14-15-11(8)13/h3-5H,1-2H3,(H3,13,14,15). The first-order valence-corrected chi connectivity index (χ1v) is 4.88. The Balaban J connectivity index is 2.68. The number of anilines is 1. The van der Waals surface area contributed by atoms with Crippen molar-refractivity contribution in [1.29, 1.82) is 0 Å². The normalized spacial score (nSPS) is 10.3. The van der Waals surface area contributed by atoms with Crippen LogP contribution >= 0.6 is 0 Å². The predicted octanol–water partition coefficient (Wildman–Crippen LogP) is 1.82. The van der Waals surface area contributed by atoms with Gasteiger partial charge in [-0.3, -0.25) is 5.10 Å². The van der Waals surface area contributed by atoms with Gasteiger partial charge in [0.2, 0.25) is 0 Å². The topological polar surface area (TPSA) is 73.2 Å². The third kappa shape index (κ3) is 1.89. The maximum atomic E-state index is 13.4. The maximum Gasteiger partial charge on any atom is 0.168 e. The van der Waals surface area contributed by atoms with Crippen LogP contribution in [0.2, 0.25) is 0 Å². The van der Waals surface area contributed by atoms with E-state index in [4.69, 9.17) is 15.2 Å². The van der Waals surface area contributed by atoms with Gasteiger partial charge in [0, 0.05) is 17.2 Å². The number of aromatic nitrogens is 2.